The molecule has 0 aromatic heterocycles. The van der Waals surface area contributed by atoms with Gasteiger partial charge in [0.25, 0.3) is 0 Å². The van der Waals surface area contributed by atoms with Gasteiger partial charge in [-0.15, -0.1) is 0 Å². The maximum atomic E-state index is 13.0. The first-order chi connectivity index (χ1) is 19.2. The zero-order valence-corrected chi connectivity index (χ0v) is 25.3. The van der Waals surface area contributed by atoms with E-state index in [9.17, 15) is 29.4 Å². The molecule has 41 heavy (non-hydrogen) atoms. The number of carbonyl (C=O) groups excluding carboxylic acids is 4. The van der Waals surface area contributed by atoms with E-state index in [1.165, 1.54) is 6.92 Å². The summed E-state index contributed by atoms with van der Waals surface area (Å²) in [6.07, 6.45) is -0.487. The number of hydrogen-bond donors (Lipinski definition) is 2. The summed E-state index contributed by atoms with van der Waals surface area (Å²) in [7, 11) is 0. The van der Waals surface area contributed by atoms with Crippen LogP contribution in [0.1, 0.15) is 93.4 Å². The normalized spacial score (nSPS) is 38.3. The highest BCUT2D eigenvalue weighted by molar-refractivity contribution is 5.77. The van der Waals surface area contributed by atoms with Crippen LogP contribution < -0.4 is 0 Å². The highest BCUT2D eigenvalue weighted by Gasteiger charge is 2.66. The van der Waals surface area contributed by atoms with Crippen LogP contribution in [0.15, 0.2) is 23.3 Å². The van der Waals surface area contributed by atoms with Gasteiger partial charge in [0, 0.05) is 25.2 Å². The number of fused-ring (bicyclic) bond motifs is 2. The number of aliphatic hydroxyl groups excluding tert-OH is 1. The Bertz CT molecular complexity index is 1080. The molecule has 2 aliphatic carbocycles. The van der Waals surface area contributed by atoms with Gasteiger partial charge in [-0.1, -0.05) is 38.8 Å². The molecular formula is C31H46O10. The molecule has 10 heteroatoms. The molecule has 2 N–H and O–H groups in total. The molecule has 0 amide bonds. The molecule has 1 aliphatic heterocycles. The minimum absolute atomic E-state index is 0.0873. The Hall–Kier alpha value is -2.72. The molecular weight excluding hydrogens is 532 g/mol. The van der Waals surface area contributed by atoms with E-state index in [0.29, 0.717) is 24.8 Å². The average Bonchev–Trinajstić information content (AvgIpc) is 3.12. The molecule has 0 aromatic rings. The molecule has 1 fully saturated rings. The molecule has 1 saturated heterocycles. The van der Waals surface area contributed by atoms with E-state index in [2.05, 4.69) is 0 Å². The van der Waals surface area contributed by atoms with E-state index >= 15 is 0 Å². The summed E-state index contributed by atoms with van der Waals surface area (Å²) in [5, 5.41) is 24.3. The molecule has 1 heterocycles. The Morgan fingerprint density at radius 3 is 2.20 bits per heavy atom. The third-order valence-corrected chi connectivity index (χ3v) is 8.96. The maximum absolute atomic E-state index is 13.0. The van der Waals surface area contributed by atoms with Gasteiger partial charge >= 0.3 is 23.9 Å². The predicted octanol–water partition coefficient (Wildman–Crippen LogP) is 3.71. The second-order valence-corrected chi connectivity index (χ2v) is 11.9. The van der Waals surface area contributed by atoms with Crippen molar-refractivity contribution in [1.82, 2.24) is 0 Å². The zero-order valence-electron chi connectivity index (χ0n) is 25.3. The maximum Gasteiger partial charge on any atom is 0.312 e. The van der Waals surface area contributed by atoms with Crippen LogP contribution in [0.5, 0.6) is 0 Å². The number of esters is 4. The largest absolute Gasteiger partial charge is 0.462 e. The SMILES string of the molecule is CCCC(=O)O[C@@H]1C=C(C)[C@@H]2[C@H](O)[C@@]3(O)[C@H](/C=C(/C)CC[C@H](OC(=O)CC)[C@@]2(C)[C@H]1OC(=O)CCC)OC(=O)[C@@H]3C. The Morgan fingerprint density at radius 2 is 1.61 bits per heavy atom. The molecule has 0 saturated carbocycles. The van der Waals surface area contributed by atoms with Crippen LogP contribution in [-0.4, -0.2) is 70.2 Å². The van der Waals surface area contributed by atoms with Gasteiger partial charge in [-0.3, -0.25) is 19.2 Å². The minimum Gasteiger partial charge on any atom is -0.462 e. The molecule has 0 spiro atoms. The van der Waals surface area contributed by atoms with Gasteiger partial charge in [0.1, 0.15) is 11.7 Å². The van der Waals surface area contributed by atoms with E-state index < -0.39 is 77.2 Å². The molecule has 0 aromatic carbocycles. The summed E-state index contributed by atoms with van der Waals surface area (Å²) in [6.45, 7) is 12.1. The fourth-order valence-corrected chi connectivity index (χ4v) is 6.61. The highest BCUT2D eigenvalue weighted by atomic mass is 16.6. The Balaban J connectivity index is 2.31. The molecule has 3 aliphatic rings. The van der Waals surface area contributed by atoms with Gasteiger partial charge in [-0.25, -0.2) is 0 Å². The van der Waals surface area contributed by atoms with Crippen molar-refractivity contribution in [3.05, 3.63) is 23.3 Å². The van der Waals surface area contributed by atoms with Gasteiger partial charge in [0.05, 0.1) is 17.4 Å². The van der Waals surface area contributed by atoms with Crippen molar-refractivity contribution in [3.8, 4) is 0 Å². The lowest BCUT2D eigenvalue weighted by molar-refractivity contribution is -0.222. The molecule has 0 unspecified atom stereocenters. The van der Waals surface area contributed by atoms with E-state index in [1.54, 1.807) is 32.9 Å². The monoisotopic (exact) mass is 578 g/mol. The van der Waals surface area contributed by atoms with E-state index in [1.807, 2.05) is 20.8 Å². The third-order valence-electron chi connectivity index (χ3n) is 8.96. The predicted molar refractivity (Wildman–Crippen MR) is 148 cm³/mol. The Labute approximate surface area is 242 Å². The summed E-state index contributed by atoms with van der Waals surface area (Å²) < 4.78 is 23.5. The Kier molecular flexibility index (Phi) is 10.5. The van der Waals surface area contributed by atoms with Gasteiger partial charge in [0.2, 0.25) is 0 Å². The summed E-state index contributed by atoms with van der Waals surface area (Å²) >= 11 is 0. The second-order valence-electron chi connectivity index (χ2n) is 11.9. The van der Waals surface area contributed by atoms with Crippen LogP contribution >= 0.6 is 0 Å². The van der Waals surface area contributed by atoms with Crippen LogP contribution in [0.4, 0.5) is 0 Å². The van der Waals surface area contributed by atoms with Gasteiger partial charge in [-0.05, 0) is 58.6 Å². The summed E-state index contributed by atoms with van der Waals surface area (Å²) in [6, 6.07) is 0. The number of aliphatic hydroxyl groups is 2. The molecule has 0 bridgehead atoms. The molecule has 0 radical (unpaired) electrons. The van der Waals surface area contributed by atoms with Crippen molar-refractivity contribution in [3.63, 3.8) is 0 Å². The van der Waals surface area contributed by atoms with Crippen LogP contribution in [0.2, 0.25) is 0 Å². The minimum atomic E-state index is -2.04. The second kappa shape index (κ2) is 13.1. The number of allylic oxidation sites excluding steroid dienone is 1. The molecule has 3 rings (SSSR count). The first kappa shape index (κ1) is 32.8. The van der Waals surface area contributed by atoms with Crippen molar-refractivity contribution in [2.45, 2.75) is 130 Å². The topological polar surface area (TPSA) is 146 Å². The van der Waals surface area contributed by atoms with Gasteiger partial charge in [0.15, 0.2) is 18.3 Å². The molecule has 230 valence electrons. The van der Waals surface area contributed by atoms with Crippen molar-refractivity contribution in [2.75, 3.05) is 0 Å². The summed E-state index contributed by atoms with van der Waals surface area (Å²) in [5.74, 6) is -4.21. The average molecular weight is 579 g/mol. The number of carbonyl (C=O) groups is 4. The van der Waals surface area contributed by atoms with Crippen LogP contribution in [0.3, 0.4) is 0 Å². The lowest BCUT2D eigenvalue weighted by Crippen LogP contribution is -2.66. The number of ether oxygens (including phenoxy) is 4. The lowest BCUT2D eigenvalue weighted by atomic mass is 9.55. The highest BCUT2D eigenvalue weighted by Crippen LogP contribution is 2.54. The fraction of sp³-hybridized carbons (Fsp3) is 0.742. The van der Waals surface area contributed by atoms with Crippen LogP contribution in [-0.2, 0) is 38.1 Å². The zero-order chi connectivity index (χ0) is 30.7. The third kappa shape index (κ3) is 6.23. The molecule has 9 atom stereocenters. The fourth-order valence-electron chi connectivity index (χ4n) is 6.61. The van der Waals surface area contributed by atoms with E-state index in [-0.39, 0.29) is 25.7 Å². The first-order valence-electron chi connectivity index (χ1n) is 14.8. The standard InChI is InChI=1S/C31H46O10/c1-8-11-24(33)38-20-16-18(5)26-27(35)31(37)19(6)29(36)40-22(31)15-17(4)13-14-21(39-23(32)10-3)30(26,7)28(20)41-25(34)12-9-2/h15-16,19-22,26-28,35,37H,8-14H2,1-7H3/b17-15-/t19-,20+,21-,22-,26+,27-,28-,30+,31-/m0/s1. The van der Waals surface area contributed by atoms with E-state index in [4.69, 9.17) is 18.9 Å². The lowest BCUT2D eigenvalue weighted by Gasteiger charge is -2.55. The van der Waals surface area contributed by atoms with Gasteiger partial charge in [-0.2, -0.15) is 0 Å². The Morgan fingerprint density at radius 1 is 1.00 bits per heavy atom. The molecule has 10 nitrogen and oxygen atoms in total. The van der Waals surface area contributed by atoms with Crippen LogP contribution in [0.25, 0.3) is 0 Å². The van der Waals surface area contributed by atoms with Crippen molar-refractivity contribution >= 4 is 23.9 Å². The van der Waals surface area contributed by atoms with Crippen molar-refractivity contribution in [2.24, 2.45) is 17.3 Å². The quantitative estimate of drug-likeness (QED) is 0.248. The first-order valence-corrected chi connectivity index (χ1v) is 14.8. The van der Waals surface area contributed by atoms with Crippen LogP contribution in [0, 0.1) is 17.3 Å². The summed E-state index contributed by atoms with van der Waals surface area (Å²) in [4.78, 5) is 51.3. The smallest absolute Gasteiger partial charge is 0.312 e. The van der Waals surface area contributed by atoms with Crippen molar-refractivity contribution < 1.29 is 48.3 Å². The number of hydrogen-bond acceptors (Lipinski definition) is 10. The van der Waals surface area contributed by atoms with E-state index in [0.717, 1.165) is 5.57 Å². The van der Waals surface area contributed by atoms with Crippen molar-refractivity contribution in [1.29, 1.82) is 0 Å². The number of rotatable bonds is 8. The van der Waals surface area contributed by atoms with Gasteiger partial charge < -0.3 is 29.2 Å². The summed E-state index contributed by atoms with van der Waals surface area (Å²) in [5.41, 5.74) is -2.13.